The third-order valence-corrected chi connectivity index (χ3v) is 2.89. The predicted molar refractivity (Wildman–Crippen MR) is 57.8 cm³/mol. The maximum Gasteiger partial charge on any atom is 0.253 e. The fourth-order valence-corrected chi connectivity index (χ4v) is 1.96. The van der Waals surface area contributed by atoms with Crippen molar-refractivity contribution < 1.29 is 9.90 Å². The van der Waals surface area contributed by atoms with Crippen LogP contribution >= 0.6 is 0 Å². The summed E-state index contributed by atoms with van der Waals surface area (Å²) in [7, 11) is 0. The molecule has 1 aliphatic carbocycles. The Morgan fingerprint density at radius 3 is 2.88 bits per heavy atom. The van der Waals surface area contributed by atoms with Gasteiger partial charge in [0.15, 0.2) is 0 Å². The molecule has 5 nitrogen and oxygen atoms in total. The number of aliphatic hydroxyl groups excluding tert-OH is 1. The summed E-state index contributed by atoms with van der Waals surface area (Å²) in [6.07, 6.45) is 6.16. The van der Waals surface area contributed by atoms with Crippen LogP contribution in [0.4, 0.5) is 0 Å². The van der Waals surface area contributed by atoms with Crippen LogP contribution in [-0.4, -0.2) is 33.4 Å². The van der Waals surface area contributed by atoms with Gasteiger partial charge in [-0.1, -0.05) is 12.8 Å². The van der Waals surface area contributed by atoms with Crippen LogP contribution in [0.25, 0.3) is 0 Å². The molecule has 2 N–H and O–H groups in total. The first-order valence-electron chi connectivity index (χ1n) is 5.53. The number of hydrogen-bond donors (Lipinski definition) is 2. The van der Waals surface area contributed by atoms with Crippen LogP contribution in [0.1, 0.15) is 36.0 Å². The number of nitrogens with one attached hydrogen (secondary N) is 1. The van der Waals surface area contributed by atoms with E-state index in [2.05, 4.69) is 15.5 Å². The fraction of sp³-hybridized carbons (Fsp3) is 0.545. The Hall–Kier alpha value is -1.49. The number of rotatable bonds is 2. The maximum atomic E-state index is 11.8. The molecule has 0 saturated heterocycles. The molecule has 0 radical (unpaired) electrons. The Bertz CT molecular complexity index is 356. The summed E-state index contributed by atoms with van der Waals surface area (Å²) in [4.78, 5) is 11.8. The first-order chi connectivity index (χ1) is 7.77. The summed E-state index contributed by atoms with van der Waals surface area (Å²) < 4.78 is 0. The van der Waals surface area contributed by atoms with Gasteiger partial charge in [-0.05, 0) is 18.9 Å². The number of carbonyl (C=O) groups excluding carboxylic acids is 1. The summed E-state index contributed by atoms with van der Waals surface area (Å²) >= 11 is 0. The van der Waals surface area contributed by atoms with E-state index in [-0.39, 0.29) is 11.9 Å². The third-order valence-electron chi connectivity index (χ3n) is 2.89. The van der Waals surface area contributed by atoms with Gasteiger partial charge in [-0.2, -0.15) is 10.2 Å². The SMILES string of the molecule is O=C(NC1CCCCC1O)c1ccnnc1. The van der Waals surface area contributed by atoms with Crippen molar-refractivity contribution in [3.63, 3.8) is 0 Å². The van der Waals surface area contributed by atoms with E-state index in [1.807, 2.05) is 0 Å². The normalized spacial score (nSPS) is 25.1. The minimum atomic E-state index is -0.424. The highest BCUT2D eigenvalue weighted by molar-refractivity contribution is 5.93. The molecular weight excluding hydrogens is 206 g/mol. The molecule has 0 aliphatic heterocycles. The van der Waals surface area contributed by atoms with Crippen molar-refractivity contribution in [2.75, 3.05) is 0 Å². The second-order valence-electron chi connectivity index (χ2n) is 4.06. The van der Waals surface area contributed by atoms with Gasteiger partial charge in [0.1, 0.15) is 0 Å². The molecule has 1 fully saturated rings. The zero-order valence-corrected chi connectivity index (χ0v) is 8.97. The van der Waals surface area contributed by atoms with Crippen LogP contribution < -0.4 is 5.32 Å². The molecule has 1 aromatic heterocycles. The quantitative estimate of drug-likeness (QED) is 0.763. The highest BCUT2D eigenvalue weighted by atomic mass is 16.3. The van der Waals surface area contributed by atoms with Gasteiger partial charge in [0.25, 0.3) is 5.91 Å². The number of aliphatic hydroxyl groups is 1. The predicted octanol–water partition coefficient (Wildman–Crippen LogP) is 0.510. The second-order valence-corrected chi connectivity index (χ2v) is 4.06. The van der Waals surface area contributed by atoms with Gasteiger partial charge in [-0.15, -0.1) is 0 Å². The van der Waals surface area contributed by atoms with Gasteiger partial charge in [0.05, 0.1) is 30.1 Å². The molecule has 1 saturated carbocycles. The average molecular weight is 221 g/mol. The average Bonchev–Trinajstić information content (AvgIpc) is 2.33. The highest BCUT2D eigenvalue weighted by Crippen LogP contribution is 2.18. The molecule has 2 unspecified atom stereocenters. The Balaban J connectivity index is 1.96. The van der Waals surface area contributed by atoms with Gasteiger partial charge < -0.3 is 10.4 Å². The Labute approximate surface area is 93.9 Å². The Kier molecular flexibility index (Phi) is 3.46. The van der Waals surface area contributed by atoms with Crippen molar-refractivity contribution in [2.24, 2.45) is 0 Å². The number of carbonyl (C=O) groups is 1. The van der Waals surface area contributed by atoms with E-state index >= 15 is 0 Å². The van der Waals surface area contributed by atoms with Crippen molar-refractivity contribution >= 4 is 5.91 Å². The molecule has 0 spiro atoms. The van der Waals surface area contributed by atoms with E-state index in [0.29, 0.717) is 5.56 Å². The molecule has 1 aromatic rings. The summed E-state index contributed by atoms with van der Waals surface area (Å²) in [5.41, 5.74) is 0.479. The van der Waals surface area contributed by atoms with Crippen LogP contribution in [0.3, 0.4) is 0 Å². The first-order valence-corrected chi connectivity index (χ1v) is 5.53. The van der Waals surface area contributed by atoms with Crippen LogP contribution in [0.15, 0.2) is 18.5 Å². The standard InChI is InChI=1S/C11H15N3O2/c15-10-4-2-1-3-9(10)14-11(16)8-5-6-12-13-7-8/h5-7,9-10,15H,1-4H2,(H,14,16). The third kappa shape index (κ3) is 2.55. The number of amides is 1. The molecule has 5 heteroatoms. The Morgan fingerprint density at radius 1 is 1.38 bits per heavy atom. The molecular formula is C11H15N3O2. The zero-order valence-electron chi connectivity index (χ0n) is 8.97. The van der Waals surface area contributed by atoms with E-state index < -0.39 is 6.10 Å². The van der Waals surface area contributed by atoms with Gasteiger partial charge in [0, 0.05) is 0 Å². The van der Waals surface area contributed by atoms with Gasteiger partial charge in [-0.3, -0.25) is 4.79 Å². The summed E-state index contributed by atoms with van der Waals surface area (Å²) in [6, 6.07) is 1.48. The largest absolute Gasteiger partial charge is 0.391 e. The lowest BCUT2D eigenvalue weighted by molar-refractivity contribution is 0.0717. The number of hydrogen-bond acceptors (Lipinski definition) is 4. The van der Waals surface area contributed by atoms with E-state index in [4.69, 9.17) is 0 Å². The van der Waals surface area contributed by atoms with Gasteiger partial charge in [0.2, 0.25) is 0 Å². The number of aromatic nitrogens is 2. The highest BCUT2D eigenvalue weighted by Gasteiger charge is 2.24. The summed E-state index contributed by atoms with van der Waals surface area (Å²) in [5, 5.41) is 19.8. The molecule has 1 aliphatic rings. The molecule has 2 rings (SSSR count). The van der Waals surface area contributed by atoms with Crippen molar-refractivity contribution in [3.8, 4) is 0 Å². The molecule has 0 bridgehead atoms. The number of nitrogens with zero attached hydrogens (tertiary/aromatic N) is 2. The maximum absolute atomic E-state index is 11.8. The van der Waals surface area contributed by atoms with Gasteiger partial charge in [-0.25, -0.2) is 0 Å². The summed E-state index contributed by atoms with van der Waals surface area (Å²) in [6.45, 7) is 0. The van der Waals surface area contributed by atoms with Crippen molar-refractivity contribution in [1.82, 2.24) is 15.5 Å². The summed E-state index contributed by atoms with van der Waals surface area (Å²) in [5.74, 6) is -0.194. The second kappa shape index (κ2) is 5.03. The van der Waals surface area contributed by atoms with Crippen LogP contribution in [-0.2, 0) is 0 Å². The monoisotopic (exact) mass is 221 g/mol. The van der Waals surface area contributed by atoms with E-state index in [1.54, 1.807) is 6.07 Å². The molecule has 86 valence electrons. The molecule has 2 atom stereocenters. The minimum absolute atomic E-state index is 0.130. The molecule has 1 amide bonds. The lowest BCUT2D eigenvalue weighted by atomic mass is 9.92. The Morgan fingerprint density at radius 2 is 2.19 bits per heavy atom. The van der Waals surface area contributed by atoms with Crippen LogP contribution in [0.2, 0.25) is 0 Å². The zero-order chi connectivity index (χ0) is 11.4. The topological polar surface area (TPSA) is 75.1 Å². The van der Waals surface area contributed by atoms with Crippen LogP contribution in [0, 0.1) is 0 Å². The smallest absolute Gasteiger partial charge is 0.253 e. The van der Waals surface area contributed by atoms with E-state index in [1.165, 1.54) is 12.4 Å². The lowest BCUT2D eigenvalue weighted by Gasteiger charge is -2.28. The van der Waals surface area contributed by atoms with Crippen molar-refractivity contribution in [3.05, 3.63) is 24.0 Å². The van der Waals surface area contributed by atoms with Gasteiger partial charge >= 0.3 is 0 Å². The van der Waals surface area contributed by atoms with Crippen LogP contribution in [0.5, 0.6) is 0 Å². The van der Waals surface area contributed by atoms with Crippen molar-refractivity contribution in [2.45, 2.75) is 37.8 Å². The first kappa shape index (κ1) is 11.0. The minimum Gasteiger partial charge on any atom is -0.391 e. The van der Waals surface area contributed by atoms with E-state index in [0.717, 1.165) is 25.7 Å². The van der Waals surface area contributed by atoms with Crippen molar-refractivity contribution in [1.29, 1.82) is 0 Å². The van der Waals surface area contributed by atoms with E-state index in [9.17, 15) is 9.90 Å². The molecule has 1 heterocycles. The lowest BCUT2D eigenvalue weighted by Crippen LogP contribution is -2.45. The molecule has 16 heavy (non-hydrogen) atoms. The molecule has 0 aromatic carbocycles. The fourth-order valence-electron chi connectivity index (χ4n) is 1.96.